The predicted molar refractivity (Wildman–Crippen MR) is 114 cm³/mol. The Morgan fingerprint density at radius 3 is 1.33 bits per heavy atom. The van der Waals surface area contributed by atoms with Crippen molar-refractivity contribution in [2.75, 3.05) is 0 Å². The van der Waals surface area contributed by atoms with Gasteiger partial charge < -0.3 is 15.3 Å². The summed E-state index contributed by atoms with van der Waals surface area (Å²) in [5.74, 6) is 0.336. The molecule has 0 spiro atoms. The number of phenolic OH excluding ortho intramolecular Hbond substituents is 3. The Morgan fingerprint density at radius 1 is 0.556 bits per heavy atom. The molecule has 2 aromatic carbocycles. The van der Waals surface area contributed by atoms with Crippen molar-refractivity contribution in [1.29, 1.82) is 0 Å². The summed E-state index contributed by atoms with van der Waals surface area (Å²) in [6, 6.07) is 11.0. The van der Waals surface area contributed by atoms with Gasteiger partial charge in [-0.1, -0.05) is 86.6 Å². The third kappa shape index (κ3) is 6.20. The van der Waals surface area contributed by atoms with Crippen molar-refractivity contribution in [3.63, 3.8) is 0 Å². The molecular formula is C24H36O3. The first-order valence-corrected chi connectivity index (χ1v) is 9.40. The highest BCUT2D eigenvalue weighted by molar-refractivity contribution is 5.47. The number of aromatic hydroxyl groups is 3. The maximum atomic E-state index is 10.3. The molecule has 2 aromatic rings. The second-order valence-corrected chi connectivity index (χ2v) is 10.2. The van der Waals surface area contributed by atoms with Crippen LogP contribution in [0, 0.1) is 0 Å². The standard InChI is InChI=1S/C14H22O.C10H14O2/c1-13(2,3)10-8-7-9-11(12(10)15)14(4,5)6;1-10(2,3)7-4-5-8(11)9(12)6-7/h7-9,15H,1-6H3;4-6,11-12H,1-3H3. The van der Waals surface area contributed by atoms with Crippen molar-refractivity contribution in [3.05, 3.63) is 53.1 Å². The van der Waals surface area contributed by atoms with Crippen LogP contribution in [0.1, 0.15) is 79.0 Å². The molecule has 0 aliphatic rings. The summed E-state index contributed by atoms with van der Waals surface area (Å²) in [6.07, 6.45) is 0. The average Bonchev–Trinajstić information content (AvgIpc) is 2.47. The van der Waals surface area contributed by atoms with Crippen molar-refractivity contribution >= 4 is 0 Å². The fourth-order valence-corrected chi connectivity index (χ4v) is 2.74. The molecule has 0 aromatic heterocycles. The first-order valence-electron chi connectivity index (χ1n) is 9.40. The summed E-state index contributed by atoms with van der Waals surface area (Å²) in [6.45, 7) is 18.9. The Kier molecular flexibility index (Phi) is 6.64. The SMILES string of the molecule is CC(C)(C)c1ccc(O)c(O)c1.CC(C)(C)c1cccc(C(C)(C)C)c1O. The minimum Gasteiger partial charge on any atom is -0.507 e. The summed E-state index contributed by atoms with van der Waals surface area (Å²) in [5.41, 5.74) is 3.05. The van der Waals surface area contributed by atoms with E-state index in [0.717, 1.165) is 16.7 Å². The molecule has 0 aliphatic heterocycles. The molecule has 27 heavy (non-hydrogen) atoms. The van der Waals surface area contributed by atoms with Crippen molar-refractivity contribution in [3.8, 4) is 17.2 Å². The van der Waals surface area contributed by atoms with Crippen molar-refractivity contribution in [2.45, 2.75) is 78.6 Å². The third-order valence-electron chi connectivity index (χ3n) is 4.49. The van der Waals surface area contributed by atoms with E-state index < -0.39 is 0 Å². The second kappa shape index (κ2) is 7.84. The van der Waals surface area contributed by atoms with E-state index in [9.17, 15) is 10.2 Å². The van der Waals surface area contributed by atoms with Gasteiger partial charge in [-0.3, -0.25) is 0 Å². The maximum absolute atomic E-state index is 10.3. The predicted octanol–water partition coefficient (Wildman–Crippen LogP) is 6.38. The highest BCUT2D eigenvalue weighted by Gasteiger charge is 2.24. The van der Waals surface area contributed by atoms with Crippen LogP contribution in [0.2, 0.25) is 0 Å². The zero-order chi connectivity index (χ0) is 21.2. The van der Waals surface area contributed by atoms with Gasteiger partial charge in [-0.15, -0.1) is 0 Å². The van der Waals surface area contributed by atoms with Crippen molar-refractivity contribution < 1.29 is 15.3 Å². The van der Waals surface area contributed by atoms with Crippen LogP contribution < -0.4 is 0 Å². The molecule has 2 rings (SSSR count). The van der Waals surface area contributed by atoms with Gasteiger partial charge in [-0.25, -0.2) is 0 Å². The molecule has 0 saturated heterocycles. The Hall–Kier alpha value is -2.16. The van der Waals surface area contributed by atoms with E-state index in [1.807, 2.05) is 24.3 Å². The van der Waals surface area contributed by atoms with E-state index in [0.29, 0.717) is 5.75 Å². The van der Waals surface area contributed by atoms with E-state index in [2.05, 4.69) is 62.3 Å². The van der Waals surface area contributed by atoms with E-state index in [1.165, 1.54) is 6.07 Å². The molecule has 0 saturated carbocycles. The van der Waals surface area contributed by atoms with Crippen molar-refractivity contribution in [1.82, 2.24) is 0 Å². The number of hydrogen-bond acceptors (Lipinski definition) is 3. The van der Waals surface area contributed by atoms with Crippen LogP contribution in [0.3, 0.4) is 0 Å². The van der Waals surface area contributed by atoms with Crippen LogP contribution in [-0.2, 0) is 16.2 Å². The number of rotatable bonds is 0. The Bertz CT molecular complexity index is 737. The van der Waals surface area contributed by atoms with Gasteiger partial charge >= 0.3 is 0 Å². The lowest BCUT2D eigenvalue weighted by Gasteiger charge is -2.26. The third-order valence-corrected chi connectivity index (χ3v) is 4.49. The van der Waals surface area contributed by atoms with Crippen LogP contribution in [0.4, 0.5) is 0 Å². The molecule has 0 amide bonds. The molecule has 150 valence electrons. The van der Waals surface area contributed by atoms with E-state index in [-0.39, 0.29) is 27.7 Å². The number of benzene rings is 2. The second-order valence-electron chi connectivity index (χ2n) is 10.2. The Balaban J connectivity index is 0.000000277. The zero-order valence-corrected chi connectivity index (χ0v) is 18.3. The Labute approximate surface area is 164 Å². The highest BCUT2D eigenvalue weighted by Crippen LogP contribution is 2.38. The van der Waals surface area contributed by atoms with Gasteiger partial charge in [0.05, 0.1) is 0 Å². The smallest absolute Gasteiger partial charge is 0.157 e. The Morgan fingerprint density at radius 2 is 1.00 bits per heavy atom. The summed E-state index contributed by atoms with van der Waals surface area (Å²) in [4.78, 5) is 0. The van der Waals surface area contributed by atoms with Crippen LogP contribution in [0.15, 0.2) is 36.4 Å². The van der Waals surface area contributed by atoms with Crippen molar-refractivity contribution in [2.24, 2.45) is 0 Å². The monoisotopic (exact) mass is 372 g/mol. The topological polar surface area (TPSA) is 60.7 Å². The van der Waals surface area contributed by atoms with E-state index in [1.54, 1.807) is 6.07 Å². The normalized spacial score (nSPS) is 12.3. The molecule has 0 heterocycles. The molecule has 3 nitrogen and oxygen atoms in total. The first-order chi connectivity index (χ1) is 12.0. The minimum atomic E-state index is -0.0667. The molecule has 0 unspecified atom stereocenters. The molecular weight excluding hydrogens is 336 g/mol. The molecule has 0 atom stereocenters. The first kappa shape index (κ1) is 22.9. The zero-order valence-electron chi connectivity index (χ0n) is 18.3. The molecule has 0 radical (unpaired) electrons. The molecule has 3 heteroatoms. The average molecular weight is 373 g/mol. The largest absolute Gasteiger partial charge is 0.507 e. The lowest BCUT2D eigenvalue weighted by atomic mass is 9.80. The quantitative estimate of drug-likeness (QED) is 0.470. The fraction of sp³-hybridized carbons (Fsp3) is 0.500. The summed E-state index contributed by atoms with van der Waals surface area (Å²) in [7, 11) is 0. The number of phenols is 3. The van der Waals surface area contributed by atoms with Gasteiger partial charge in [0.2, 0.25) is 0 Å². The van der Waals surface area contributed by atoms with Gasteiger partial charge in [0.15, 0.2) is 11.5 Å². The van der Waals surface area contributed by atoms with Gasteiger partial charge in [0.1, 0.15) is 5.75 Å². The fourth-order valence-electron chi connectivity index (χ4n) is 2.74. The summed E-state index contributed by atoms with van der Waals surface area (Å²) < 4.78 is 0. The lowest BCUT2D eigenvalue weighted by molar-refractivity contribution is 0.401. The van der Waals surface area contributed by atoms with Gasteiger partial charge in [-0.2, -0.15) is 0 Å². The van der Waals surface area contributed by atoms with Crippen LogP contribution >= 0.6 is 0 Å². The lowest BCUT2D eigenvalue weighted by Crippen LogP contribution is -2.16. The molecule has 0 fully saturated rings. The molecule has 3 N–H and O–H groups in total. The van der Waals surface area contributed by atoms with Crippen LogP contribution in [-0.4, -0.2) is 15.3 Å². The van der Waals surface area contributed by atoms with Gasteiger partial charge in [0, 0.05) is 0 Å². The maximum Gasteiger partial charge on any atom is 0.157 e. The van der Waals surface area contributed by atoms with Crippen LogP contribution in [0.5, 0.6) is 17.2 Å². The van der Waals surface area contributed by atoms with Gasteiger partial charge in [-0.05, 0) is 45.1 Å². The van der Waals surface area contributed by atoms with Gasteiger partial charge in [0.25, 0.3) is 0 Å². The highest BCUT2D eigenvalue weighted by atomic mass is 16.3. The molecule has 0 bridgehead atoms. The minimum absolute atomic E-state index is 0.00514. The number of hydrogen-bond donors (Lipinski definition) is 3. The summed E-state index contributed by atoms with van der Waals surface area (Å²) >= 11 is 0. The molecule has 0 aliphatic carbocycles. The summed E-state index contributed by atoms with van der Waals surface area (Å²) in [5, 5.41) is 28.5. The van der Waals surface area contributed by atoms with E-state index in [4.69, 9.17) is 5.11 Å². The number of para-hydroxylation sites is 1. The van der Waals surface area contributed by atoms with Crippen LogP contribution in [0.25, 0.3) is 0 Å². The van der Waals surface area contributed by atoms with E-state index >= 15 is 0 Å².